The van der Waals surface area contributed by atoms with E-state index in [9.17, 15) is 15.0 Å². The fraction of sp³-hybridized carbons (Fsp3) is 0.375. The first-order chi connectivity index (χ1) is 10.4. The maximum absolute atomic E-state index is 11.4. The second-order valence-electron chi connectivity index (χ2n) is 5.62. The van der Waals surface area contributed by atoms with Crippen LogP contribution in [0.2, 0.25) is 0 Å². The molecule has 22 heavy (non-hydrogen) atoms. The fourth-order valence-electron chi connectivity index (χ4n) is 2.53. The summed E-state index contributed by atoms with van der Waals surface area (Å²) in [5, 5.41) is 19.7. The van der Waals surface area contributed by atoms with Gasteiger partial charge in [-0.15, -0.1) is 0 Å². The normalized spacial score (nSPS) is 12.5. The van der Waals surface area contributed by atoms with E-state index in [1.807, 2.05) is 30.3 Å². The summed E-state index contributed by atoms with van der Waals surface area (Å²) < 4.78 is 1.53. The molecule has 0 aliphatic carbocycles. The van der Waals surface area contributed by atoms with Gasteiger partial charge in [-0.3, -0.25) is 4.57 Å². The Labute approximate surface area is 134 Å². The second-order valence-corrected chi connectivity index (χ2v) is 6.00. The van der Waals surface area contributed by atoms with Gasteiger partial charge in [-0.1, -0.05) is 44.2 Å². The number of carboxylic acids is 1. The Balaban J connectivity index is 2.27. The van der Waals surface area contributed by atoms with Crippen molar-refractivity contribution < 1.29 is 15.0 Å². The zero-order valence-corrected chi connectivity index (χ0v) is 13.4. The summed E-state index contributed by atoms with van der Waals surface area (Å²) in [4.78, 5) is 14.4. The zero-order valence-electron chi connectivity index (χ0n) is 12.6. The van der Waals surface area contributed by atoms with Crippen LogP contribution in [0.3, 0.4) is 0 Å². The van der Waals surface area contributed by atoms with E-state index in [2.05, 4.69) is 4.98 Å². The summed E-state index contributed by atoms with van der Waals surface area (Å²) >= 11 is 5.19. The number of carboxylic acid groups (broad SMARTS) is 1. The first-order valence-electron chi connectivity index (χ1n) is 7.21. The Morgan fingerprint density at radius 1 is 1.27 bits per heavy atom. The number of H-pyrrole nitrogens is 1. The van der Waals surface area contributed by atoms with E-state index in [0.717, 1.165) is 12.0 Å². The molecule has 0 aliphatic rings. The van der Waals surface area contributed by atoms with Crippen molar-refractivity contribution in [2.45, 2.75) is 32.7 Å². The Bertz CT molecular complexity index is 704. The van der Waals surface area contributed by atoms with E-state index in [1.165, 1.54) is 4.57 Å². The number of rotatable bonds is 6. The minimum atomic E-state index is -1.00. The molecule has 0 fully saturated rings. The van der Waals surface area contributed by atoms with Gasteiger partial charge in [-0.05, 0) is 36.5 Å². The third kappa shape index (κ3) is 3.39. The van der Waals surface area contributed by atoms with Gasteiger partial charge in [-0.25, -0.2) is 4.79 Å². The monoisotopic (exact) mass is 320 g/mol. The number of imidazole rings is 1. The van der Waals surface area contributed by atoms with Crippen molar-refractivity contribution in [2.75, 3.05) is 0 Å². The van der Waals surface area contributed by atoms with E-state index < -0.39 is 12.0 Å². The molecular weight excluding hydrogens is 300 g/mol. The van der Waals surface area contributed by atoms with Gasteiger partial charge < -0.3 is 15.2 Å². The van der Waals surface area contributed by atoms with Crippen LogP contribution in [0.15, 0.2) is 30.3 Å². The molecule has 5 nitrogen and oxygen atoms in total. The number of aliphatic carboxylic acids is 1. The number of aromatic nitrogens is 2. The Hall–Kier alpha value is -2.08. The number of carbonyl (C=O) groups is 1. The quantitative estimate of drug-likeness (QED) is 0.714. The number of aromatic amines is 1. The van der Waals surface area contributed by atoms with Crippen LogP contribution in [-0.2, 0) is 17.6 Å². The van der Waals surface area contributed by atoms with E-state index >= 15 is 0 Å². The number of aryl methyl sites for hydroxylation is 2. The summed E-state index contributed by atoms with van der Waals surface area (Å²) in [5.41, 5.74) is 1.72. The smallest absolute Gasteiger partial charge is 0.327 e. The summed E-state index contributed by atoms with van der Waals surface area (Å²) in [6.45, 7) is 3.58. The van der Waals surface area contributed by atoms with Crippen LogP contribution >= 0.6 is 12.2 Å². The van der Waals surface area contributed by atoms with Crippen LogP contribution in [-0.4, -0.2) is 25.7 Å². The molecule has 1 atom stereocenters. The molecule has 0 bridgehead atoms. The fourth-order valence-corrected chi connectivity index (χ4v) is 2.85. The lowest BCUT2D eigenvalue weighted by atomic mass is 10.0. The van der Waals surface area contributed by atoms with Gasteiger partial charge in [0, 0.05) is 0 Å². The molecule has 0 spiro atoms. The standard InChI is InChI=1S/C16H20N2O3S/c1-10(2)13(15(20)21)18-14(19)12(17-16(18)22)9-8-11-6-4-3-5-7-11/h3-7,10,13,19H,8-9H2,1-2H3,(H,17,22)(H,20,21). The molecule has 118 valence electrons. The van der Waals surface area contributed by atoms with Crippen molar-refractivity contribution in [3.8, 4) is 5.88 Å². The average Bonchev–Trinajstić information content (AvgIpc) is 2.73. The first-order valence-corrected chi connectivity index (χ1v) is 7.61. The van der Waals surface area contributed by atoms with Crippen molar-refractivity contribution in [1.29, 1.82) is 0 Å². The zero-order chi connectivity index (χ0) is 16.3. The van der Waals surface area contributed by atoms with Crippen LogP contribution in [0.25, 0.3) is 0 Å². The Morgan fingerprint density at radius 2 is 1.91 bits per heavy atom. The van der Waals surface area contributed by atoms with Gasteiger partial charge in [0.1, 0.15) is 6.04 Å². The van der Waals surface area contributed by atoms with E-state index in [0.29, 0.717) is 12.1 Å². The van der Waals surface area contributed by atoms with Gasteiger partial charge in [-0.2, -0.15) is 0 Å². The molecule has 2 rings (SSSR count). The molecule has 3 N–H and O–H groups in total. The highest BCUT2D eigenvalue weighted by atomic mass is 32.1. The number of nitrogens with one attached hydrogen (secondary N) is 1. The molecule has 0 saturated heterocycles. The van der Waals surface area contributed by atoms with Crippen LogP contribution in [0.4, 0.5) is 0 Å². The molecule has 0 amide bonds. The second kappa shape index (κ2) is 6.79. The summed E-state index contributed by atoms with van der Waals surface area (Å²) in [6, 6.07) is 9.01. The lowest BCUT2D eigenvalue weighted by Crippen LogP contribution is -2.24. The molecule has 1 unspecified atom stereocenters. The Morgan fingerprint density at radius 3 is 2.45 bits per heavy atom. The minimum absolute atomic E-state index is 0.0815. The summed E-state index contributed by atoms with van der Waals surface area (Å²) in [7, 11) is 0. The van der Waals surface area contributed by atoms with Gasteiger partial charge in [0.15, 0.2) is 4.77 Å². The van der Waals surface area contributed by atoms with Gasteiger partial charge in [0.2, 0.25) is 5.88 Å². The predicted octanol–water partition coefficient (Wildman–Crippen LogP) is 3.32. The van der Waals surface area contributed by atoms with Crippen LogP contribution in [0, 0.1) is 10.7 Å². The average molecular weight is 320 g/mol. The van der Waals surface area contributed by atoms with Crippen molar-refractivity contribution in [3.63, 3.8) is 0 Å². The highest BCUT2D eigenvalue weighted by Crippen LogP contribution is 2.28. The van der Waals surface area contributed by atoms with E-state index in [1.54, 1.807) is 13.8 Å². The molecule has 0 saturated carbocycles. The van der Waals surface area contributed by atoms with Gasteiger partial charge in [0.25, 0.3) is 0 Å². The lowest BCUT2D eigenvalue weighted by Gasteiger charge is -2.18. The molecule has 0 radical (unpaired) electrons. The third-order valence-electron chi connectivity index (χ3n) is 3.64. The number of hydrogen-bond acceptors (Lipinski definition) is 3. The molecule has 6 heteroatoms. The topological polar surface area (TPSA) is 78.2 Å². The van der Waals surface area contributed by atoms with Crippen molar-refractivity contribution in [2.24, 2.45) is 5.92 Å². The molecule has 1 aromatic carbocycles. The first kappa shape index (κ1) is 16.3. The van der Waals surface area contributed by atoms with Gasteiger partial charge >= 0.3 is 5.97 Å². The largest absolute Gasteiger partial charge is 0.493 e. The highest BCUT2D eigenvalue weighted by Gasteiger charge is 2.28. The maximum Gasteiger partial charge on any atom is 0.327 e. The van der Waals surface area contributed by atoms with Gasteiger partial charge in [0.05, 0.1) is 5.69 Å². The summed E-state index contributed by atoms with van der Waals surface area (Å²) in [5.74, 6) is -1.27. The van der Waals surface area contributed by atoms with Crippen LogP contribution in [0.5, 0.6) is 5.88 Å². The molecular formula is C16H20N2O3S. The minimum Gasteiger partial charge on any atom is -0.493 e. The van der Waals surface area contributed by atoms with Crippen molar-refractivity contribution in [1.82, 2.24) is 9.55 Å². The number of nitrogens with zero attached hydrogens (tertiary/aromatic N) is 1. The third-order valence-corrected chi connectivity index (χ3v) is 3.94. The molecule has 1 aromatic heterocycles. The SMILES string of the molecule is CC(C)C(C(=O)O)n1c(O)c(CCc2ccccc2)[nH]c1=S. The van der Waals surface area contributed by atoms with Crippen LogP contribution < -0.4 is 0 Å². The highest BCUT2D eigenvalue weighted by molar-refractivity contribution is 7.71. The number of aromatic hydroxyl groups is 1. The molecule has 0 aliphatic heterocycles. The molecule has 1 heterocycles. The van der Waals surface area contributed by atoms with Crippen LogP contribution in [0.1, 0.15) is 31.1 Å². The predicted molar refractivity (Wildman–Crippen MR) is 86.6 cm³/mol. The summed E-state index contributed by atoms with van der Waals surface area (Å²) in [6.07, 6.45) is 1.31. The number of benzene rings is 1. The van der Waals surface area contributed by atoms with E-state index in [-0.39, 0.29) is 16.6 Å². The van der Waals surface area contributed by atoms with Crippen molar-refractivity contribution in [3.05, 3.63) is 46.4 Å². The molecule has 2 aromatic rings. The maximum atomic E-state index is 11.4. The Kier molecular flexibility index (Phi) is 5.03. The lowest BCUT2D eigenvalue weighted by molar-refractivity contribution is -0.142. The van der Waals surface area contributed by atoms with Crippen molar-refractivity contribution >= 4 is 18.2 Å². The number of hydrogen-bond donors (Lipinski definition) is 3. The van der Waals surface area contributed by atoms with E-state index in [4.69, 9.17) is 12.2 Å².